The maximum Gasteiger partial charge on any atom is 0.242 e. The summed E-state index contributed by atoms with van der Waals surface area (Å²) >= 11 is 0. The number of benzene rings is 1. The van der Waals surface area contributed by atoms with Crippen LogP contribution in [0.15, 0.2) is 48.8 Å². The van der Waals surface area contributed by atoms with E-state index in [1.165, 1.54) is 5.56 Å². The van der Waals surface area contributed by atoms with Crippen molar-refractivity contribution in [1.82, 2.24) is 15.2 Å². The molecule has 5 nitrogen and oxygen atoms in total. The summed E-state index contributed by atoms with van der Waals surface area (Å²) in [6, 6.07) is 11.8. The van der Waals surface area contributed by atoms with E-state index in [0.717, 1.165) is 11.1 Å². The number of amides is 2. The standard InChI is InChI=1S/C20H25N3O2/c1-15-7-4-5-9-18(15)16(2)11-19(24)22-13-20(25)23(3)14-17-8-6-10-21-12-17/h4-10,12,16H,11,13-14H2,1-3H3,(H,22,24)/t16-/m1/s1. The van der Waals surface area contributed by atoms with Gasteiger partial charge in [-0.05, 0) is 35.6 Å². The highest BCUT2D eigenvalue weighted by molar-refractivity contribution is 5.84. The first-order valence-corrected chi connectivity index (χ1v) is 8.42. The van der Waals surface area contributed by atoms with Crippen molar-refractivity contribution >= 4 is 11.8 Å². The van der Waals surface area contributed by atoms with E-state index in [1.807, 2.05) is 50.2 Å². The van der Waals surface area contributed by atoms with E-state index in [4.69, 9.17) is 0 Å². The summed E-state index contributed by atoms with van der Waals surface area (Å²) in [6.07, 6.45) is 3.79. The molecule has 2 rings (SSSR count). The Labute approximate surface area is 149 Å². The van der Waals surface area contributed by atoms with Crippen molar-refractivity contribution in [1.29, 1.82) is 0 Å². The first-order valence-electron chi connectivity index (χ1n) is 8.42. The van der Waals surface area contributed by atoms with Gasteiger partial charge in [-0.2, -0.15) is 0 Å². The lowest BCUT2D eigenvalue weighted by molar-refractivity contribution is -0.132. The number of aromatic nitrogens is 1. The number of hydrogen-bond donors (Lipinski definition) is 1. The normalized spacial score (nSPS) is 11.6. The van der Waals surface area contributed by atoms with E-state index in [1.54, 1.807) is 24.3 Å². The predicted octanol–water partition coefficient (Wildman–Crippen LogP) is 2.66. The van der Waals surface area contributed by atoms with Gasteiger partial charge in [0, 0.05) is 32.4 Å². The van der Waals surface area contributed by atoms with Gasteiger partial charge in [0.15, 0.2) is 0 Å². The van der Waals surface area contributed by atoms with Crippen molar-refractivity contribution in [3.05, 3.63) is 65.5 Å². The largest absolute Gasteiger partial charge is 0.347 e. The molecule has 0 radical (unpaired) electrons. The third-order valence-electron chi connectivity index (χ3n) is 4.22. The van der Waals surface area contributed by atoms with E-state index in [2.05, 4.69) is 10.3 Å². The molecule has 0 spiro atoms. The second kappa shape index (κ2) is 8.97. The molecular formula is C20H25N3O2. The fraction of sp³-hybridized carbons (Fsp3) is 0.350. The molecule has 2 aromatic rings. The molecule has 1 aromatic heterocycles. The van der Waals surface area contributed by atoms with Gasteiger partial charge in [-0.1, -0.05) is 37.3 Å². The maximum atomic E-state index is 12.2. The highest BCUT2D eigenvalue weighted by Gasteiger charge is 2.15. The zero-order valence-electron chi connectivity index (χ0n) is 15.0. The summed E-state index contributed by atoms with van der Waals surface area (Å²) in [7, 11) is 1.72. The van der Waals surface area contributed by atoms with Gasteiger partial charge in [-0.15, -0.1) is 0 Å². The van der Waals surface area contributed by atoms with Gasteiger partial charge in [0.25, 0.3) is 0 Å². The van der Waals surface area contributed by atoms with E-state index < -0.39 is 0 Å². The van der Waals surface area contributed by atoms with Gasteiger partial charge in [0.05, 0.1) is 6.54 Å². The van der Waals surface area contributed by atoms with E-state index in [-0.39, 0.29) is 24.3 Å². The van der Waals surface area contributed by atoms with Gasteiger partial charge >= 0.3 is 0 Å². The Morgan fingerprint density at radius 2 is 1.96 bits per heavy atom. The molecule has 1 heterocycles. The number of carbonyl (C=O) groups excluding carboxylic acids is 2. The van der Waals surface area contributed by atoms with Crippen molar-refractivity contribution in [3.8, 4) is 0 Å². The van der Waals surface area contributed by atoms with Crippen LogP contribution in [0.4, 0.5) is 0 Å². The van der Waals surface area contributed by atoms with Gasteiger partial charge in [0.2, 0.25) is 11.8 Å². The fourth-order valence-electron chi connectivity index (χ4n) is 2.76. The van der Waals surface area contributed by atoms with Crippen LogP contribution >= 0.6 is 0 Å². The second-order valence-corrected chi connectivity index (χ2v) is 6.35. The summed E-state index contributed by atoms with van der Waals surface area (Å²) in [5.41, 5.74) is 3.30. The highest BCUT2D eigenvalue weighted by atomic mass is 16.2. The quantitative estimate of drug-likeness (QED) is 0.843. The molecule has 0 saturated heterocycles. The zero-order chi connectivity index (χ0) is 18.2. The molecule has 0 aliphatic carbocycles. The molecule has 0 aliphatic rings. The molecular weight excluding hydrogens is 314 g/mol. The van der Waals surface area contributed by atoms with Crippen LogP contribution < -0.4 is 5.32 Å². The number of aryl methyl sites for hydroxylation is 1. The zero-order valence-corrected chi connectivity index (χ0v) is 15.0. The van der Waals surface area contributed by atoms with E-state index >= 15 is 0 Å². The molecule has 5 heteroatoms. The average molecular weight is 339 g/mol. The molecule has 132 valence electrons. The molecule has 0 unspecified atom stereocenters. The molecule has 25 heavy (non-hydrogen) atoms. The maximum absolute atomic E-state index is 12.2. The molecule has 0 fully saturated rings. The third kappa shape index (κ3) is 5.71. The van der Waals surface area contributed by atoms with Crippen LogP contribution in [0.1, 0.15) is 36.0 Å². The van der Waals surface area contributed by atoms with Crippen molar-refractivity contribution < 1.29 is 9.59 Å². The minimum Gasteiger partial charge on any atom is -0.347 e. The lowest BCUT2D eigenvalue weighted by Gasteiger charge is -2.18. The smallest absolute Gasteiger partial charge is 0.242 e. The number of rotatable bonds is 7. The second-order valence-electron chi connectivity index (χ2n) is 6.35. The molecule has 0 saturated carbocycles. The van der Waals surface area contributed by atoms with Gasteiger partial charge in [-0.25, -0.2) is 0 Å². The Kier molecular flexibility index (Phi) is 6.69. The molecule has 0 bridgehead atoms. The van der Waals surface area contributed by atoms with Gasteiger partial charge < -0.3 is 10.2 Å². The lowest BCUT2D eigenvalue weighted by atomic mass is 9.93. The van der Waals surface area contributed by atoms with Crippen LogP contribution in [0.3, 0.4) is 0 Å². The SMILES string of the molecule is Cc1ccccc1[C@H](C)CC(=O)NCC(=O)N(C)Cc1cccnc1. The summed E-state index contributed by atoms with van der Waals surface area (Å²) in [4.78, 5) is 29.9. The number of nitrogens with one attached hydrogen (secondary N) is 1. The van der Waals surface area contributed by atoms with Gasteiger partial charge in [-0.3, -0.25) is 14.6 Å². The first-order chi connectivity index (χ1) is 12.0. The van der Waals surface area contributed by atoms with Crippen molar-refractivity contribution in [2.75, 3.05) is 13.6 Å². The number of likely N-dealkylation sites (N-methyl/N-ethyl adjacent to an activating group) is 1. The highest BCUT2D eigenvalue weighted by Crippen LogP contribution is 2.22. The van der Waals surface area contributed by atoms with Crippen LogP contribution in [0.25, 0.3) is 0 Å². The monoisotopic (exact) mass is 339 g/mol. The molecule has 2 amide bonds. The van der Waals surface area contributed by atoms with Crippen LogP contribution in [0, 0.1) is 6.92 Å². The lowest BCUT2D eigenvalue weighted by Crippen LogP contribution is -2.38. The summed E-state index contributed by atoms with van der Waals surface area (Å²) in [6.45, 7) is 4.55. The Hall–Kier alpha value is -2.69. The average Bonchev–Trinajstić information content (AvgIpc) is 2.60. The van der Waals surface area contributed by atoms with Crippen molar-refractivity contribution in [2.24, 2.45) is 0 Å². The van der Waals surface area contributed by atoms with E-state index in [9.17, 15) is 9.59 Å². The fourth-order valence-corrected chi connectivity index (χ4v) is 2.76. The third-order valence-corrected chi connectivity index (χ3v) is 4.22. The van der Waals surface area contributed by atoms with Crippen molar-refractivity contribution in [2.45, 2.75) is 32.7 Å². The number of pyridine rings is 1. The van der Waals surface area contributed by atoms with Crippen LogP contribution in [-0.4, -0.2) is 35.3 Å². The Balaban J connectivity index is 1.79. The number of hydrogen-bond acceptors (Lipinski definition) is 3. The summed E-state index contributed by atoms with van der Waals surface area (Å²) < 4.78 is 0. The van der Waals surface area contributed by atoms with Crippen molar-refractivity contribution in [3.63, 3.8) is 0 Å². The summed E-state index contributed by atoms with van der Waals surface area (Å²) in [5.74, 6) is -0.121. The molecule has 0 aliphatic heterocycles. The van der Waals surface area contributed by atoms with E-state index in [0.29, 0.717) is 13.0 Å². The number of carbonyl (C=O) groups is 2. The predicted molar refractivity (Wildman–Crippen MR) is 97.9 cm³/mol. The summed E-state index contributed by atoms with van der Waals surface area (Å²) in [5, 5.41) is 2.72. The minimum absolute atomic E-state index is 0.0100. The topological polar surface area (TPSA) is 62.3 Å². The van der Waals surface area contributed by atoms with Gasteiger partial charge in [0.1, 0.15) is 0 Å². The van der Waals surface area contributed by atoms with Crippen LogP contribution in [0.5, 0.6) is 0 Å². The van der Waals surface area contributed by atoms with Crippen LogP contribution in [-0.2, 0) is 16.1 Å². The Bertz CT molecular complexity index is 716. The first kappa shape index (κ1) is 18.6. The molecule has 1 N–H and O–H groups in total. The minimum atomic E-state index is -0.124. The van der Waals surface area contributed by atoms with Crippen LogP contribution in [0.2, 0.25) is 0 Å². The number of nitrogens with zero attached hydrogens (tertiary/aromatic N) is 2. The molecule has 1 aromatic carbocycles. The Morgan fingerprint density at radius 3 is 2.64 bits per heavy atom. The molecule has 1 atom stereocenters. The Morgan fingerprint density at radius 1 is 1.20 bits per heavy atom.